The number of hydrogen-bond donors (Lipinski definition) is 2. The van der Waals surface area contributed by atoms with E-state index < -0.39 is 0 Å². The van der Waals surface area contributed by atoms with E-state index in [0.29, 0.717) is 6.54 Å². The molecule has 0 radical (unpaired) electrons. The molecule has 116 valence electrons. The predicted molar refractivity (Wildman–Crippen MR) is 91.4 cm³/mol. The van der Waals surface area contributed by atoms with Crippen molar-refractivity contribution in [1.82, 2.24) is 5.32 Å². The van der Waals surface area contributed by atoms with Crippen molar-refractivity contribution in [2.45, 2.75) is 25.3 Å². The Kier molecular flexibility index (Phi) is 5.58. The molecule has 1 aliphatic rings. The van der Waals surface area contributed by atoms with E-state index >= 15 is 0 Å². The first kappa shape index (κ1) is 16.5. The van der Waals surface area contributed by atoms with Crippen LogP contribution in [0.4, 0.5) is 0 Å². The van der Waals surface area contributed by atoms with Gasteiger partial charge in [0, 0.05) is 18.2 Å². The number of aryl methyl sites for hydroxylation is 2. The van der Waals surface area contributed by atoms with Crippen LogP contribution in [-0.2, 0) is 12.8 Å². The summed E-state index contributed by atoms with van der Waals surface area (Å²) in [5.74, 6) is -0.0453. The Hall–Kier alpha value is -1.84. The summed E-state index contributed by atoms with van der Waals surface area (Å²) in [4.78, 5) is 12.2. The lowest BCUT2D eigenvalue weighted by molar-refractivity contribution is 0.0951. The van der Waals surface area contributed by atoms with E-state index in [9.17, 15) is 4.79 Å². The Labute approximate surface area is 137 Å². The Morgan fingerprint density at radius 1 is 1.09 bits per heavy atom. The maximum atomic E-state index is 12.2. The lowest BCUT2D eigenvalue weighted by Gasteiger charge is -2.13. The molecule has 3 rings (SSSR count). The second-order valence-electron chi connectivity index (χ2n) is 5.56. The molecule has 0 aromatic heterocycles. The van der Waals surface area contributed by atoms with E-state index in [2.05, 4.69) is 11.4 Å². The second kappa shape index (κ2) is 7.43. The quantitative estimate of drug-likeness (QED) is 0.911. The zero-order valence-corrected chi connectivity index (χ0v) is 13.2. The lowest BCUT2D eigenvalue weighted by Crippen LogP contribution is -2.31. The first-order valence-corrected chi connectivity index (χ1v) is 7.44. The number of hydrogen-bond acceptors (Lipinski definition) is 2. The highest BCUT2D eigenvalue weighted by Gasteiger charge is 2.14. The fraction of sp³-hybridized carbons (Fsp3) is 0.278. The maximum absolute atomic E-state index is 12.2. The third-order valence-corrected chi connectivity index (χ3v) is 4.07. The van der Waals surface area contributed by atoms with Gasteiger partial charge in [0.05, 0.1) is 0 Å². The Morgan fingerprint density at radius 2 is 1.82 bits per heavy atom. The lowest BCUT2D eigenvalue weighted by atomic mass is 10.1. The molecule has 3 nitrogen and oxygen atoms in total. The first-order valence-electron chi connectivity index (χ1n) is 7.44. The van der Waals surface area contributed by atoms with Crippen molar-refractivity contribution in [2.75, 3.05) is 6.54 Å². The van der Waals surface area contributed by atoms with Crippen LogP contribution in [0.5, 0.6) is 0 Å². The third-order valence-electron chi connectivity index (χ3n) is 4.07. The monoisotopic (exact) mass is 316 g/mol. The SMILES string of the molecule is Cl.NC(CNC(=O)c1ccc2c(c1)CCC2)c1ccccc1. The van der Waals surface area contributed by atoms with Gasteiger partial charge in [-0.3, -0.25) is 4.79 Å². The minimum Gasteiger partial charge on any atom is -0.350 e. The first-order chi connectivity index (χ1) is 10.2. The zero-order valence-electron chi connectivity index (χ0n) is 12.4. The van der Waals surface area contributed by atoms with Crippen molar-refractivity contribution < 1.29 is 4.79 Å². The normalized spacial score (nSPS) is 13.9. The van der Waals surface area contributed by atoms with Crippen LogP contribution in [0.15, 0.2) is 48.5 Å². The summed E-state index contributed by atoms with van der Waals surface area (Å²) >= 11 is 0. The smallest absolute Gasteiger partial charge is 0.251 e. The van der Waals surface area contributed by atoms with Crippen LogP contribution in [-0.4, -0.2) is 12.5 Å². The molecule has 3 N–H and O–H groups in total. The van der Waals surface area contributed by atoms with Gasteiger partial charge in [-0.05, 0) is 48.1 Å². The van der Waals surface area contributed by atoms with Gasteiger partial charge in [-0.25, -0.2) is 0 Å². The summed E-state index contributed by atoms with van der Waals surface area (Å²) in [7, 11) is 0. The molecule has 1 atom stereocenters. The average Bonchev–Trinajstić information content (AvgIpc) is 3.00. The number of nitrogens with two attached hydrogens (primary N) is 1. The molecule has 0 heterocycles. The standard InChI is InChI=1S/C18H20N2O.ClH/c19-17(14-5-2-1-3-6-14)12-20-18(21)16-10-9-13-7-4-8-15(13)11-16;/h1-3,5-6,9-11,17H,4,7-8,12,19H2,(H,20,21);1H. The van der Waals surface area contributed by atoms with E-state index in [-0.39, 0.29) is 24.4 Å². The number of fused-ring (bicyclic) bond motifs is 1. The van der Waals surface area contributed by atoms with Crippen LogP contribution >= 0.6 is 12.4 Å². The molecule has 1 amide bonds. The molecule has 1 aliphatic carbocycles. The number of benzene rings is 2. The van der Waals surface area contributed by atoms with Gasteiger partial charge in [-0.1, -0.05) is 36.4 Å². The zero-order chi connectivity index (χ0) is 14.7. The van der Waals surface area contributed by atoms with Gasteiger partial charge in [0.25, 0.3) is 5.91 Å². The number of carbonyl (C=O) groups excluding carboxylic acids is 1. The Balaban J connectivity index is 0.00000176. The van der Waals surface area contributed by atoms with Crippen LogP contribution in [0.25, 0.3) is 0 Å². The molecule has 0 bridgehead atoms. The summed E-state index contributed by atoms with van der Waals surface area (Å²) in [5, 5.41) is 2.92. The highest BCUT2D eigenvalue weighted by molar-refractivity contribution is 5.94. The molecule has 0 saturated carbocycles. The van der Waals surface area contributed by atoms with Crippen molar-refractivity contribution in [3.63, 3.8) is 0 Å². The summed E-state index contributed by atoms with van der Waals surface area (Å²) in [5.41, 5.74) is 10.6. The molecular weight excluding hydrogens is 296 g/mol. The number of carbonyl (C=O) groups is 1. The summed E-state index contributed by atoms with van der Waals surface area (Å²) in [6, 6.07) is 15.7. The average molecular weight is 317 g/mol. The minimum absolute atomic E-state index is 0. The van der Waals surface area contributed by atoms with E-state index in [4.69, 9.17) is 5.73 Å². The highest BCUT2D eigenvalue weighted by Crippen LogP contribution is 2.22. The third kappa shape index (κ3) is 3.67. The highest BCUT2D eigenvalue weighted by atomic mass is 35.5. The van der Waals surface area contributed by atoms with E-state index in [1.54, 1.807) is 0 Å². The van der Waals surface area contributed by atoms with Gasteiger partial charge in [-0.15, -0.1) is 12.4 Å². The molecule has 1 unspecified atom stereocenters. The van der Waals surface area contributed by atoms with Crippen molar-refractivity contribution >= 4 is 18.3 Å². The van der Waals surface area contributed by atoms with Crippen LogP contribution < -0.4 is 11.1 Å². The van der Waals surface area contributed by atoms with E-state index in [1.165, 1.54) is 17.5 Å². The maximum Gasteiger partial charge on any atom is 0.251 e. The number of halogens is 1. The minimum atomic E-state index is -0.176. The van der Waals surface area contributed by atoms with Gasteiger partial charge in [-0.2, -0.15) is 0 Å². The topological polar surface area (TPSA) is 55.1 Å². The van der Waals surface area contributed by atoms with Crippen LogP contribution in [0.3, 0.4) is 0 Å². The van der Waals surface area contributed by atoms with Crippen LogP contribution in [0, 0.1) is 0 Å². The molecule has 0 aliphatic heterocycles. The van der Waals surface area contributed by atoms with Gasteiger partial charge >= 0.3 is 0 Å². The number of rotatable bonds is 4. The molecule has 0 saturated heterocycles. The van der Waals surface area contributed by atoms with Crippen molar-refractivity contribution in [3.8, 4) is 0 Å². The fourth-order valence-electron chi connectivity index (χ4n) is 2.84. The predicted octanol–water partition coefficient (Wildman–Crippen LogP) is 3.03. The molecule has 22 heavy (non-hydrogen) atoms. The molecule has 4 heteroatoms. The van der Waals surface area contributed by atoms with E-state index in [1.807, 2.05) is 42.5 Å². The fourth-order valence-corrected chi connectivity index (χ4v) is 2.84. The van der Waals surface area contributed by atoms with Crippen molar-refractivity contribution in [1.29, 1.82) is 0 Å². The van der Waals surface area contributed by atoms with Gasteiger partial charge in [0.1, 0.15) is 0 Å². The second-order valence-corrected chi connectivity index (χ2v) is 5.56. The molecular formula is C18H21ClN2O. The summed E-state index contributed by atoms with van der Waals surface area (Å²) in [6.45, 7) is 0.444. The summed E-state index contributed by atoms with van der Waals surface area (Å²) < 4.78 is 0. The van der Waals surface area contributed by atoms with E-state index in [0.717, 1.165) is 24.0 Å². The van der Waals surface area contributed by atoms with Gasteiger partial charge in [0.2, 0.25) is 0 Å². The molecule has 0 fully saturated rings. The van der Waals surface area contributed by atoms with Gasteiger partial charge in [0.15, 0.2) is 0 Å². The number of nitrogens with one attached hydrogen (secondary N) is 1. The van der Waals surface area contributed by atoms with Crippen molar-refractivity contribution in [2.24, 2.45) is 5.73 Å². The Bertz CT molecular complexity index is 643. The van der Waals surface area contributed by atoms with Crippen molar-refractivity contribution in [3.05, 3.63) is 70.8 Å². The van der Waals surface area contributed by atoms with Crippen LogP contribution in [0.1, 0.15) is 39.5 Å². The largest absolute Gasteiger partial charge is 0.350 e. The Morgan fingerprint density at radius 3 is 2.59 bits per heavy atom. The molecule has 2 aromatic carbocycles. The van der Waals surface area contributed by atoms with Crippen LogP contribution in [0.2, 0.25) is 0 Å². The number of amides is 1. The van der Waals surface area contributed by atoms with Gasteiger partial charge < -0.3 is 11.1 Å². The molecule has 0 spiro atoms. The molecule has 2 aromatic rings. The summed E-state index contributed by atoms with van der Waals surface area (Å²) in [6.07, 6.45) is 3.41.